The molecule has 0 bridgehead atoms. The molecule has 0 aliphatic heterocycles. The molecular weight excluding hydrogens is 196 g/mol. The van der Waals surface area contributed by atoms with Gasteiger partial charge < -0.3 is 9.47 Å². The highest BCUT2D eigenvalue weighted by atomic mass is 16.5. The zero-order valence-corrected chi connectivity index (χ0v) is 9.54. The molecular formula is C11H18O4. The van der Waals surface area contributed by atoms with Crippen LogP contribution in [0, 0.1) is 0 Å². The molecule has 0 rings (SSSR count). The molecule has 0 amide bonds. The highest BCUT2D eigenvalue weighted by Gasteiger charge is 2.03. The molecule has 0 saturated heterocycles. The quantitative estimate of drug-likeness (QED) is 0.500. The molecule has 15 heavy (non-hydrogen) atoms. The number of ether oxygens (including phenoxy) is 2. The molecule has 0 radical (unpaired) electrons. The topological polar surface area (TPSA) is 52.6 Å². The summed E-state index contributed by atoms with van der Waals surface area (Å²) in [5.41, 5.74) is 0.821. The number of carbonyl (C=O) groups excluding carboxylic acids is 2. The van der Waals surface area contributed by atoms with Crippen molar-refractivity contribution in [3.8, 4) is 0 Å². The van der Waals surface area contributed by atoms with E-state index in [0.29, 0.717) is 26.1 Å². The van der Waals surface area contributed by atoms with Crippen LogP contribution in [0.4, 0.5) is 0 Å². The van der Waals surface area contributed by atoms with Crippen LogP contribution in [-0.2, 0) is 19.1 Å². The summed E-state index contributed by atoms with van der Waals surface area (Å²) in [6, 6.07) is 0. The minimum Gasteiger partial charge on any atom is -0.466 e. The molecule has 0 aromatic heterocycles. The highest BCUT2D eigenvalue weighted by molar-refractivity contribution is 5.82. The second kappa shape index (κ2) is 8.03. The lowest BCUT2D eigenvalue weighted by Crippen LogP contribution is -2.04. The fraction of sp³-hybridized carbons (Fsp3) is 0.636. The van der Waals surface area contributed by atoms with Gasteiger partial charge in [-0.2, -0.15) is 0 Å². The summed E-state index contributed by atoms with van der Waals surface area (Å²) >= 11 is 0. The van der Waals surface area contributed by atoms with Crippen molar-refractivity contribution in [3.05, 3.63) is 11.6 Å². The summed E-state index contributed by atoms with van der Waals surface area (Å²) in [7, 11) is 0. The fourth-order valence-corrected chi connectivity index (χ4v) is 0.990. The number of esters is 2. The summed E-state index contributed by atoms with van der Waals surface area (Å²) in [6.07, 6.45) is 2.23. The van der Waals surface area contributed by atoms with Crippen molar-refractivity contribution in [2.75, 3.05) is 13.2 Å². The minimum absolute atomic E-state index is 0.242. The number of hydrogen-bond donors (Lipinski definition) is 0. The van der Waals surface area contributed by atoms with Gasteiger partial charge in [-0.05, 0) is 27.2 Å². The van der Waals surface area contributed by atoms with Crippen molar-refractivity contribution < 1.29 is 19.1 Å². The Morgan fingerprint density at radius 2 is 1.67 bits per heavy atom. The van der Waals surface area contributed by atoms with Gasteiger partial charge in [-0.15, -0.1) is 0 Å². The average molecular weight is 214 g/mol. The third kappa shape index (κ3) is 7.73. The highest BCUT2D eigenvalue weighted by Crippen LogP contribution is 2.05. The van der Waals surface area contributed by atoms with Crippen molar-refractivity contribution in [1.82, 2.24) is 0 Å². The van der Waals surface area contributed by atoms with E-state index in [1.807, 2.05) is 0 Å². The molecule has 0 atom stereocenters. The first-order valence-corrected chi connectivity index (χ1v) is 5.09. The lowest BCUT2D eigenvalue weighted by atomic mass is 10.1. The second-order valence-corrected chi connectivity index (χ2v) is 3.05. The second-order valence-electron chi connectivity index (χ2n) is 3.05. The standard InChI is InChI=1S/C11H18O4/c1-4-14-10(12)7-6-9(3)8-11(13)15-5-2/h8H,4-7H2,1-3H3/b9-8+. The number of allylic oxidation sites excluding steroid dienone is 1. The lowest BCUT2D eigenvalue weighted by molar-refractivity contribution is -0.143. The molecule has 86 valence electrons. The van der Waals surface area contributed by atoms with E-state index in [2.05, 4.69) is 0 Å². The van der Waals surface area contributed by atoms with Crippen molar-refractivity contribution in [2.24, 2.45) is 0 Å². The van der Waals surface area contributed by atoms with Gasteiger partial charge in [-0.3, -0.25) is 4.79 Å². The number of hydrogen-bond acceptors (Lipinski definition) is 4. The van der Waals surface area contributed by atoms with E-state index >= 15 is 0 Å². The summed E-state index contributed by atoms with van der Waals surface area (Å²) in [5.74, 6) is -0.604. The summed E-state index contributed by atoms with van der Waals surface area (Å²) in [6.45, 7) is 6.05. The zero-order chi connectivity index (χ0) is 11.7. The van der Waals surface area contributed by atoms with Crippen LogP contribution in [0.25, 0.3) is 0 Å². The monoisotopic (exact) mass is 214 g/mol. The smallest absolute Gasteiger partial charge is 0.330 e. The first kappa shape index (κ1) is 13.7. The van der Waals surface area contributed by atoms with Crippen LogP contribution >= 0.6 is 0 Å². The molecule has 0 aromatic rings. The first-order valence-electron chi connectivity index (χ1n) is 5.09. The molecule has 0 spiro atoms. The van der Waals surface area contributed by atoms with E-state index < -0.39 is 0 Å². The van der Waals surface area contributed by atoms with Gasteiger partial charge in [0.15, 0.2) is 0 Å². The van der Waals surface area contributed by atoms with E-state index in [0.717, 1.165) is 5.57 Å². The Hall–Kier alpha value is -1.32. The van der Waals surface area contributed by atoms with Crippen LogP contribution in [0.1, 0.15) is 33.6 Å². The summed E-state index contributed by atoms with van der Waals surface area (Å²) < 4.78 is 9.50. The molecule has 0 aliphatic carbocycles. The molecule has 0 unspecified atom stereocenters. The maximum absolute atomic E-state index is 11.0. The molecule has 0 heterocycles. The van der Waals surface area contributed by atoms with Crippen molar-refractivity contribution in [3.63, 3.8) is 0 Å². The lowest BCUT2D eigenvalue weighted by Gasteiger charge is -2.02. The van der Waals surface area contributed by atoms with Gasteiger partial charge in [-0.25, -0.2) is 4.79 Å². The molecule has 0 fully saturated rings. The predicted octanol–water partition coefficient (Wildman–Crippen LogP) is 1.84. The van der Waals surface area contributed by atoms with Gasteiger partial charge in [0, 0.05) is 12.5 Å². The molecule has 0 aliphatic rings. The van der Waals surface area contributed by atoms with Gasteiger partial charge in [0.2, 0.25) is 0 Å². The fourth-order valence-electron chi connectivity index (χ4n) is 0.990. The first-order chi connectivity index (χ1) is 7.10. The number of carbonyl (C=O) groups is 2. The third-order valence-electron chi connectivity index (χ3n) is 1.68. The normalized spacial score (nSPS) is 11.0. The SMILES string of the molecule is CCOC(=O)/C=C(\C)CCC(=O)OCC. The van der Waals surface area contributed by atoms with Crippen LogP contribution in [0.15, 0.2) is 11.6 Å². The van der Waals surface area contributed by atoms with Crippen LogP contribution < -0.4 is 0 Å². The maximum atomic E-state index is 11.0. The van der Waals surface area contributed by atoms with Crippen molar-refractivity contribution in [1.29, 1.82) is 0 Å². The van der Waals surface area contributed by atoms with Gasteiger partial charge in [0.1, 0.15) is 0 Å². The Labute approximate surface area is 90.2 Å². The molecule has 0 aromatic carbocycles. The Morgan fingerprint density at radius 3 is 2.20 bits per heavy atom. The van der Waals surface area contributed by atoms with E-state index in [9.17, 15) is 9.59 Å². The van der Waals surface area contributed by atoms with Gasteiger partial charge in [-0.1, -0.05) is 5.57 Å². The Morgan fingerprint density at radius 1 is 1.07 bits per heavy atom. The Balaban J connectivity index is 3.86. The average Bonchev–Trinajstić information content (AvgIpc) is 2.15. The summed E-state index contributed by atoms with van der Waals surface area (Å²) in [4.78, 5) is 22.0. The van der Waals surface area contributed by atoms with Crippen molar-refractivity contribution in [2.45, 2.75) is 33.6 Å². The van der Waals surface area contributed by atoms with Crippen LogP contribution in [0.5, 0.6) is 0 Å². The largest absolute Gasteiger partial charge is 0.466 e. The van der Waals surface area contributed by atoms with Gasteiger partial charge >= 0.3 is 11.9 Å². The predicted molar refractivity (Wildman–Crippen MR) is 56.3 cm³/mol. The molecule has 4 nitrogen and oxygen atoms in total. The van der Waals surface area contributed by atoms with Crippen LogP contribution in [0.3, 0.4) is 0 Å². The summed E-state index contributed by atoms with van der Waals surface area (Å²) in [5, 5.41) is 0. The molecule has 0 N–H and O–H groups in total. The Kier molecular flexibility index (Phi) is 7.32. The van der Waals surface area contributed by atoms with Gasteiger partial charge in [0.25, 0.3) is 0 Å². The molecule has 0 saturated carbocycles. The Bertz CT molecular complexity index is 243. The number of rotatable bonds is 6. The van der Waals surface area contributed by atoms with E-state index in [4.69, 9.17) is 9.47 Å². The minimum atomic E-state index is -0.362. The van der Waals surface area contributed by atoms with Crippen LogP contribution in [0.2, 0.25) is 0 Å². The van der Waals surface area contributed by atoms with E-state index in [-0.39, 0.29) is 11.9 Å². The van der Waals surface area contributed by atoms with Crippen molar-refractivity contribution >= 4 is 11.9 Å². The third-order valence-corrected chi connectivity index (χ3v) is 1.68. The molecule has 4 heteroatoms. The zero-order valence-electron chi connectivity index (χ0n) is 9.54. The maximum Gasteiger partial charge on any atom is 0.330 e. The van der Waals surface area contributed by atoms with E-state index in [1.165, 1.54) is 6.08 Å². The van der Waals surface area contributed by atoms with Crippen LogP contribution in [-0.4, -0.2) is 25.2 Å². The van der Waals surface area contributed by atoms with E-state index in [1.54, 1.807) is 20.8 Å². The van der Waals surface area contributed by atoms with Gasteiger partial charge in [0.05, 0.1) is 13.2 Å².